The zero-order valence-electron chi connectivity index (χ0n) is 11.7. The van der Waals surface area contributed by atoms with E-state index in [1.165, 1.54) is 0 Å². The Bertz CT molecular complexity index is 190. The molecule has 0 atom stereocenters. The van der Waals surface area contributed by atoms with Crippen LogP contribution >= 0.6 is 0 Å². The van der Waals surface area contributed by atoms with Crippen LogP contribution in [-0.4, -0.2) is 36.5 Å². The first-order valence-corrected chi connectivity index (χ1v) is 6.33. The second-order valence-corrected chi connectivity index (χ2v) is 5.70. The van der Waals surface area contributed by atoms with Gasteiger partial charge in [0.2, 0.25) is 5.91 Å². The summed E-state index contributed by atoms with van der Waals surface area (Å²) in [5.41, 5.74) is 0. The van der Waals surface area contributed by atoms with Crippen LogP contribution in [0.25, 0.3) is 0 Å². The van der Waals surface area contributed by atoms with E-state index in [0.29, 0.717) is 18.4 Å². The Kier molecular flexibility index (Phi) is 7.39. The molecule has 0 radical (unpaired) electrons. The minimum atomic E-state index is 0.135. The molecule has 1 amide bonds. The first-order valence-electron chi connectivity index (χ1n) is 6.33. The van der Waals surface area contributed by atoms with Gasteiger partial charge in [-0.1, -0.05) is 27.7 Å². The fourth-order valence-corrected chi connectivity index (χ4v) is 1.81. The van der Waals surface area contributed by atoms with E-state index in [4.69, 9.17) is 0 Å². The summed E-state index contributed by atoms with van der Waals surface area (Å²) in [6.07, 6.45) is 0. The standard InChI is InChI=1S/C13H28N2O/c1-10(2)7-15(8-11(3)4)9-13(16)14-12(5)6/h10-12H,7-9H2,1-6H3,(H,14,16). The van der Waals surface area contributed by atoms with Crippen molar-refractivity contribution in [3.05, 3.63) is 0 Å². The van der Waals surface area contributed by atoms with E-state index < -0.39 is 0 Å². The van der Waals surface area contributed by atoms with Crippen LogP contribution in [0.5, 0.6) is 0 Å². The Morgan fingerprint density at radius 2 is 1.44 bits per heavy atom. The van der Waals surface area contributed by atoms with Crippen LogP contribution in [0, 0.1) is 11.8 Å². The number of carbonyl (C=O) groups excluding carboxylic acids is 1. The maximum absolute atomic E-state index is 11.7. The van der Waals surface area contributed by atoms with E-state index in [-0.39, 0.29) is 11.9 Å². The maximum Gasteiger partial charge on any atom is 0.234 e. The van der Waals surface area contributed by atoms with Gasteiger partial charge in [0, 0.05) is 19.1 Å². The van der Waals surface area contributed by atoms with Gasteiger partial charge in [-0.05, 0) is 25.7 Å². The molecule has 0 spiro atoms. The van der Waals surface area contributed by atoms with Crippen molar-refractivity contribution in [3.8, 4) is 0 Å². The Balaban J connectivity index is 4.13. The Labute approximate surface area is 101 Å². The summed E-state index contributed by atoms with van der Waals surface area (Å²) >= 11 is 0. The number of amides is 1. The van der Waals surface area contributed by atoms with E-state index in [2.05, 4.69) is 37.9 Å². The topological polar surface area (TPSA) is 32.3 Å². The highest BCUT2D eigenvalue weighted by atomic mass is 16.2. The molecule has 0 saturated heterocycles. The summed E-state index contributed by atoms with van der Waals surface area (Å²) < 4.78 is 0. The molecule has 0 saturated carbocycles. The van der Waals surface area contributed by atoms with Gasteiger partial charge in [-0.2, -0.15) is 0 Å². The zero-order chi connectivity index (χ0) is 12.7. The predicted molar refractivity (Wildman–Crippen MR) is 69.4 cm³/mol. The Morgan fingerprint density at radius 3 is 1.75 bits per heavy atom. The van der Waals surface area contributed by atoms with Gasteiger partial charge in [0.05, 0.1) is 6.54 Å². The van der Waals surface area contributed by atoms with Crippen molar-refractivity contribution < 1.29 is 4.79 Å². The van der Waals surface area contributed by atoms with Gasteiger partial charge >= 0.3 is 0 Å². The predicted octanol–water partition coefficient (Wildman–Crippen LogP) is 2.12. The smallest absolute Gasteiger partial charge is 0.234 e. The molecular formula is C13H28N2O. The minimum Gasteiger partial charge on any atom is -0.353 e. The normalized spacial score (nSPS) is 11.9. The third-order valence-corrected chi connectivity index (χ3v) is 2.06. The fourth-order valence-electron chi connectivity index (χ4n) is 1.81. The van der Waals surface area contributed by atoms with Crippen molar-refractivity contribution in [2.75, 3.05) is 19.6 Å². The number of rotatable bonds is 7. The number of carbonyl (C=O) groups is 1. The number of hydrogen-bond donors (Lipinski definition) is 1. The summed E-state index contributed by atoms with van der Waals surface area (Å²) in [5, 5.41) is 2.94. The molecule has 96 valence electrons. The van der Waals surface area contributed by atoms with Gasteiger partial charge in [-0.25, -0.2) is 0 Å². The molecule has 0 heterocycles. The average molecular weight is 228 g/mol. The molecule has 0 fully saturated rings. The van der Waals surface area contributed by atoms with E-state index in [9.17, 15) is 4.79 Å². The van der Waals surface area contributed by atoms with Crippen molar-refractivity contribution in [1.82, 2.24) is 10.2 Å². The van der Waals surface area contributed by atoms with Crippen LogP contribution in [0.15, 0.2) is 0 Å². The highest BCUT2D eigenvalue weighted by Crippen LogP contribution is 2.03. The largest absolute Gasteiger partial charge is 0.353 e. The molecule has 0 rings (SSSR count). The Morgan fingerprint density at radius 1 is 1.00 bits per heavy atom. The number of hydrogen-bond acceptors (Lipinski definition) is 2. The van der Waals surface area contributed by atoms with Gasteiger partial charge in [-0.15, -0.1) is 0 Å². The van der Waals surface area contributed by atoms with Crippen LogP contribution in [0.3, 0.4) is 0 Å². The van der Waals surface area contributed by atoms with Crippen molar-refractivity contribution >= 4 is 5.91 Å². The van der Waals surface area contributed by atoms with Gasteiger partial charge < -0.3 is 5.32 Å². The number of nitrogens with zero attached hydrogens (tertiary/aromatic N) is 1. The quantitative estimate of drug-likeness (QED) is 0.724. The van der Waals surface area contributed by atoms with Crippen molar-refractivity contribution in [1.29, 1.82) is 0 Å². The van der Waals surface area contributed by atoms with Crippen LogP contribution in [0.4, 0.5) is 0 Å². The maximum atomic E-state index is 11.7. The minimum absolute atomic E-state index is 0.135. The first-order chi connectivity index (χ1) is 7.31. The molecule has 0 aromatic carbocycles. The molecule has 3 nitrogen and oxygen atoms in total. The summed E-state index contributed by atoms with van der Waals surface area (Å²) in [7, 11) is 0. The van der Waals surface area contributed by atoms with E-state index in [1.54, 1.807) is 0 Å². The van der Waals surface area contributed by atoms with Gasteiger partial charge in [0.25, 0.3) is 0 Å². The first kappa shape index (κ1) is 15.4. The lowest BCUT2D eigenvalue weighted by Crippen LogP contribution is -2.42. The summed E-state index contributed by atoms with van der Waals surface area (Å²) in [5.74, 6) is 1.34. The zero-order valence-corrected chi connectivity index (χ0v) is 11.7. The molecular weight excluding hydrogens is 200 g/mol. The van der Waals surface area contributed by atoms with Gasteiger partial charge in [0.1, 0.15) is 0 Å². The second-order valence-electron chi connectivity index (χ2n) is 5.70. The molecule has 0 aromatic heterocycles. The molecule has 16 heavy (non-hydrogen) atoms. The van der Waals surface area contributed by atoms with Crippen molar-refractivity contribution in [2.45, 2.75) is 47.6 Å². The van der Waals surface area contributed by atoms with Crippen LogP contribution in [-0.2, 0) is 4.79 Å². The second kappa shape index (κ2) is 7.66. The SMILES string of the molecule is CC(C)CN(CC(=O)NC(C)C)CC(C)C. The summed E-state index contributed by atoms with van der Waals surface area (Å²) in [4.78, 5) is 13.9. The van der Waals surface area contributed by atoms with Crippen LogP contribution in [0.1, 0.15) is 41.5 Å². The monoisotopic (exact) mass is 228 g/mol. The Hall–Kier alpha value is -0.570. The third kappa shape index (κ3) is 8.72. The third-order valence-electron chi connectivity index (χ3n) is 2.06. The molecule has 0 aromatic rings. The molecule has 3 heteroatoms. The van der Waals surface area contributed by atoms with Crippen molar-refractivity contribution in [3.63, 3.8) is 0 Å². The lowest BCUT2D eigenvalue weighted by atomic mass is 10.1. The molecule has 0 aliphatic heterocycles. The van der Waals surface area contributed by atoms with E-state index >= 15 is 0 Å². The highest BCUT2D eigenvalue weighted by molar-refractivity contribution is 5.78. The lowest BCUT2D eigenvalue weighted by Gasteiger charge is -2.25. The van der Waals surface area contributed by atoms with Crippen LogP contribution in [0.2, 0.25) is 0 Å². The molecule has 0 unspecified atom stereocenters. The number of nitrogens with one attached hydrogen (secondary N) is 1. The fraction of sp³-hybridized carbons (Fsp3) is 0.923. The molecule has 0 aliphatic rings. The van der Waals surface area contributed by atoms with Crippen LogP contribution < -0.4 is 5.32 Å². The molecule has 1 N–H and O–H groups in total. The van der Waals surface area contributed by atoms with E-state index in [0.717, 1.165) is 13.1 Å². The lowest BCUT2D eigenvalue weighted by molar-refractivity contribution is -0.122. The van der Waals surface area contributed by atoms with Gasteiger partial charge in [0.15, 0.2) is 0 Å². The summed E-state index contributed by atoms with van der Waals surface area (Å²) in [6, 6.07) is 0.229. The average Bonchev–Trinajstić information content (AvgIpc) is 1.97. The van der Waals surface area contributed by atoms with Gasteiger partial charge in [-0.3, -0.25) is 9.69 Å². The van der Waals surface area contributed by atoms with E-state index in [1.807, 2.05) is 13.8 Å². The summed E-state index contributed by atoms with van der Waals surface area (Å²) in [6.45, 7) is 15.2. The van der Waals surface area contributed by atoms with Crippen molar-refractivity contribution in [2.24, 2.45) is 11.8 Å². The molecule has 0 bridgehead atoms. The molecule has 0 aliphatic carbocycles. The highest BCUT2D eigenvalue weighted by Gasteiger charge is 2.13.